The van der Waals surface area contributed by atoms with Gasteiger partial charge in [0.15, 0.2) is 4.96 Å². The zero-order chi connectivity index (χ0) is 31.0. The van der Waals surface area contributed by atoms with Gasteiger partial charge < -0.3 is 19.9 Å². The first-order valence-electron chi connectivity index (χ1n) is 13.9. The lowest BCUT2D eigenvalue weighted by atomic mass is 9.92. The minimum absolute atomic E-state index is 0.0338. The number of methoxy groups -OCH3 is 1. The number of aromatic hydroxyl groups is 1. The molecule has 2 amide bonds. The lowest BCUT2D eigenvalue weighted by Crippen LogP contribution is -2.29. The molecule has 0 aliphatic carbocycles. The number of anilines is 1. The molecule has 0 aliphatic rings. The highest BCUT2D eigenvalue weighted by Crippen LogP contribution is 2.34. The van der Waals surface area contributed by atoms with E-state index in [-0.39, 0.29) is 22.7 Å². The van der Waals surface area contributed by atoms with Gasteiger partial charge in [0.25, 0.3) is 0 Å². The Labute approximate surface area is 262 Å². The minimum atomic E-state index is -0.415. The Hall–Kier alpha value is -4.58. The van der Waals surface area contributed by atoms with Gasteiger partial charge in [-0.1, -0.05) is 61.9 Å². The van der Waals surface area contributed by atoms with Gasteiger partial charge in [0.05, 0.1) is 45.1 Å². The number of urea groups is 1. The summed E-state index contributed by atoms with van der Waals surface area (Å²) in [5.41, 5.74) is 3.95. The van der Waals surface area contributed by atoms with Crippen LogP contribution in [-0.2, 0) is 23.3 Å². The minimum Gasteiger partial charge on any atom is -0.506 e. The summed E-state index contributed by atoms with van der Waals surface area (Å²) in [6.45, 7) is 6.82. The number of phenols is 1. The Morgan fingerprint density at radius 3 is 2.68 bits per heavy atom. The third-order valence-corrected chi connectivity index (χ3v) is 8.32. The number of amides is 2. The van der Waals surface area contributed by atoms with Gasteiger partial charge in [-0.05, 0) is 36.4 Å². The summed E-state index contributed by atoms with van der Waals surface area (Å²) < 4.78 is 16.3. The van der Waals surface area contributed by atoms with Gasteiger partial charge in [0, 0.05) is 36.8 Å². The summed E-state index contributed by atoms with van der Waals surface area (Å²) in [7, 11) is 1.67. The first kappa shape index (κ1) is 29.5. The Morgan fingerprint density at radius 2 is 1.91 bits per heavy atom. The molecule has 0 atom stereocenters. The smallest absolute Gasteiger partial charge is 0.320 e. The van der Waals surface area contributed by atoms with E-state index in [1.807, 2.05) is 75.5 Å². The van der Waals surface area contributed by atoms with Crippen molar-refractivity contribution >= 4 is 50.0 Å². The van der Waals surface area contributed by atoms with Crippen molar-refractivity contribution in [2.24, 2.45) is 0 Å². The van der Waals surface area contributed by atoms with E-state index in [0.29, 0.717) is 29.6 Å². The highest BCUT2D eigenvalue weighted by Gasteiger charge is 2.22. The number of nitrogens with one attached hydrogen (secondary N) is 2. The number of phenolic OH excluding ortho intramolecular Hbond substituents is 1. The van der Waals surface area contributed by atoms with Crippen LogP contribution >= 0.6 is 22.9 Å². The second-order valence-corrected chi connectivity index (χ2v) is 12.7. The molecular formula is C32H31ClN6O4S. The van der Waals surface area contributed by atoms with E-state index in [1.165, 1.54) is 6.07 Å². The highest BCUT2D eigenvalue weighted by molar-refractivity contribution is 7.23. The number of nitrogens with zero attached hydrogens (tertiary/aromatic N) is 4. The summed E-state index contributed by atoms with van der Waals surface area (Å²) >= 11 is 7.74. The topological polar surface area (TPSA) is 115 Å². The van der Waals surface area contributed by atoms with Crippen LogP contribution in [0.15, 0.2) is 72.9 Å². The lowest BCUT2D eigenvalue weighted by molar-refractivity contribution is 0.181. The third-order valence-electron chi connectivity index (χ3n) is 7.00. The van der Waals surface area contributed by atoms with Crippen molar-refractivity contribution in [2.45, 2.75) is 39.3 Å². The quantitative estimate of drug-likeness (QED) is 0.159. The molecule has 12 heteroatoms. The molecule has 3 N–H and O–H groups in total. The molecule has 0 radical (unpaired) electrons. The summed E-state index contributed by atoms with van der Waals surface area (Å²) in [4.78, 5) is 18.5. The average molecular weight is 631 g/mol. The largest absolute Gasteiger partial charge is 0.506 e. The monoisotopic (exact) mass is 630 g/mol. The number of halogens is 1. The number of hydrogen-bond acceptors (Lipinski definition) is 7. The van der Waals surface area contributed by atoms with Crippen molar-refractivity contribution in [1.82, 2.24) is 24.5 Å². The molecule has 0 spiro atoms. The van der Waals surface area contributed by atoms with Crippen molar-refractivity contribution in [3.8, 4) is 22.9 Å². The van der Waals surface area contributed by atoms with Gasteiger partial charge in [-0.15, -0.1) is 0 Å². The maximum Gasteiger partial charge on any atom is 0.320 e. The third kappa shape index (κ3) is 5.94. The Balaban J connectivity index is 1.18. The van der Waals surface area contributed by atoms with E-state index < -0.39 is 6.03 Å². The van der Waals surface area contributed by atoms with E-state index >= 15 is 0 Å². The predicted octanol–water partition coefficient (Wildman–Crippen LogP) is 7.65. The van der Waals surface area contributed by atoms with E-state index in [0.717, 1.165) is 32.1 Å². The second-order valence-electron chi connectivity index (χ2n) is 11.3. The Kier molecular flexibility index (Phi) is 7.93. The number of para-hydroxylation sites is 1. The number of ether oxygens (including phenoxy) is 2. The zero-order valence-electron chi connectivity index (χ0n) is 24.6. The van der Waals surface area contributed by atoms with Crippen LogP contribution in [0.2, 0.25) is 5.02 Å². The van der Waals surface area contributed by atoms with E-state index in [2.05, 4.69) is 20.0 Å². The first-order valence-corrected chi connectivity index (χ1v) is 15.1. The van der Waals surface area contributed by atoms with E-state index in [4.69, 9.17) is 26.2 Å². The van der Waals surface area contributed by atoms with Gasteiger partial charge in [-0.25, -0.2) is 14.5 Å². The van der Waals surface area contributed by atoms with Gasteiger partial charge in [0.2, 0.25) is 0 Å². The molecule has 3 aromatic carbocycles. The number of carbonyl (C=O) groups is 1. The van der Waals surface area contributed by atoms with Crippen LogP contribution in [0.25, 0.3) is 20.9 Å². The molecular weight excluding hydrogens is 600 g/mol. The maximum absolute atomic E-state index is 13.1. The number of fused-ring (bicyclic) bond motifs is 3. The number of hydrogen-bond donors (Lipinski definition) is 3. The van der Waals surface area contributed by atoms with Crippen LogP contribution in [0.4, 0.5) is 10.6 Å². The number of aromatic nitrogens is 4. The number of rotatable bonds is 8. The zero-order valence-corrected chi connectivity index (χ0v) is 26.2. The van der Waals surface area contributed by atoms with Crippen LogP contribution < -0.4 is 15.4 Å². The molecule has 10 nitrogen and oxygen atoms in total. The average Bonchev–Trinajstić information content (AvgIpc) is 3.68. The van der Waals surface area contributed by atoms with Crippen molar-refractivity contribution in [3.63, 3.8) is 0 Å². The van der Waals surface area contributed by atoms with Gasteiger partial charge in [0.1, 0.15) is 23.1 Å². The molecule has 0 aliphatic heterocycles. The molecule has 3 heterocycles. The lowest BCUT2D eigenvalue weighted by Gasteiger charge is -2.14. The fourth-order valence-electron chi connectivity index (χ4n) is 4.74. The molecule has 226 valence electrons. The summed E-state index contributed by atoms with van der Waals surface area (Å²) in [6, 6.07) is 19.7. The van der Waals surface area contributed by atoms with Crippen LogP contribution in [0, 0.1) is 0 Å². The molecule has 6 rings (SSSR count). The fourth-order valence-corrected chi connectivity index (χ4v) is 5.97. The number of thiazole rings is 1. The van der Waals surface area contributed by atoms with Crippen molar-refractivity contribution in [2.75, 3.05) is 12.4 Å². The van der Waals surface area contributed by atoms with Crippen molar-refractivity contribution in [3.05, 3.63) is 94.9 Å². The normalized spacial score (nSPS) is 11.8. The molecule has 3 aromatic heterocycles. The number of benzene rings is 3. The molecule has 44 heavy (non-hydrogen) atoms. The molecule has 0 unspecified atom stereocenters. The summed E-state index contributed by atoms with van der Waals surface area (Å²) in [6.07, 6.45) is 1.83. The van der Waals surface area contributed by atoms with Crippen LogP contribution in [0.5, 0.6) is 17.2 Å². The van der Waals surface area contributed by atoms with Crippen molar-refractivity contribution < 1.29 is 19.4 Å². The standard InChI is InChI=1S/C32H31ClN6O4S/c1-32(2,3)28-15-29(39(37-28)20-9-12-25(40)23(33)13-20)36-30(41)34-16-19-7-5-6-8-26(19)43-22-10-11-24-27(14-22)44-31-35-17-21(18-42-4)38(24)31/h5-15,17,40H,16,18H2,1-4H3,(H2,34,36,41). The number of carbonyl (C=O) groups excluding carboxylic acids is 1. The maximum atomic E-state index is 13.1. The summed E-state index contributed by atoms with van der Waals surface area (Å²) in [5.74, 6) is 1.74. The van der Waals surface area contributed by atoms with E-state index in [1.54, 1.807) is 35.3 Å². The molecule has 6 aromatic rings. The van der Waals surface area contributed by atoms with Crippen molar-refractivity contribution in [1.29, 1.82) is 0 Å². The predicted molar refractivity (Wildman–Crippen MR) is 173 cm³/mol. The summed E-state index contributed by atoms with van der Waals surface area (Å²) in [5, 5.41) is 20.6. The Morgan fingerprint density at radius 1 is 1.09 bits per heavy atom. The van der Waals surface area contributed by atoms with Gasteiger partial charge in [-0.3, -0.25) is 9.72 Å². The molecule has 0 fully saturated rings. The first-order chi connectivity index (χ1) is 21.1. The second kappa shape index (κ2) is 11.8. The number of imidazole rings is 1. The van der Waals surface area contributed by atoms with E-state index in [9.17, 15) is 9.90 Å². The highest BCUT2D eigenvalue weighted by atomic mass is 35.5. The van der Waals surface area contributed by atoms with Gasteiger partial charge >= 0.3 is 6.03 Å². The van der Waals surface area contributed by atoms with Gasteiger partial charge in [-0.2, -0.15) is 5.10 Å². The molecule has 0 bridgehead atoms. The Bertz CT molecular complexity index is 1990. The van der Waals surface area contributed by atoms with Crippen LogP contribution in [0.3, 0.4) is 0 Å². The fraction of sp³-hybridized carbons (Fsp3) is 0.219. The SMILES string of the molecule is COCc1cnc2sc3cc(Oc4ccccc4CNC(=O)Nc4cc(C(C)(C)C)nn4-c4ccc(O)c(Cl)c4)ccc3n12. The molecule has 0 saturated heterocycles. The molecule has 0 saturated carbocycles. The van der Waals surface area contributed by atoms with Crippen LogP contribution in [-0.4, -0.2) is 37.4 Å². The van der Waals surface area contributed by atoms with Crippen LogP contribution in [0.1, 0.15) is 37.7 Å².